The number of nitrogens with one attached hydrogen (secondary N) is 1. The number of fused-ring (bicyclic) bond motifs is 1. The zero-order chi connectivity index (χ0) is 13.2. The van der Waals surface area contributed by atoms with Gasteiger partial charge in [0.1, 0.15) is 0 Å². The fourth-order valence-corrected chi connectivity index (χ4v) is 2.51. The van der Waals surface area contributed by atoms with E-state index in [9.17, 15) is 0 Å². The van der Waals surface area contributed by atoms with Crippen molar-refractivity contribution in [1.82, 2.24) is 10.3 Å². The van der Waals surface area contributed by atoms with Crippen molar-refractivity contribution < 1.29 is 0 Å². The molecule has 1 aromatic heterocycles. The Hall–Kier alpha value is -1.41. The molecule has 2 heteroatoms. The average Bonchev–Trinajstić information content (AvgIpc) is 3.27. The van der Waals surface area contributed by atoms with Crippen LogP contribution in [0.3, 0.4) is 0 Å². The van der Waals surface area contributed by atoms with Gasteiger partial charge in [0.05, 0.1) is 5.52 Å². The molecule has 3 rings (SSSR count). The minimum atomic E-state index is 0.567. The molecule has 1 aliphatic rings. The average molecular weight is 254 g/mol. The Kier molecular flexibility index (Phi) is 3.52. The zero-order valence-electron chi connectivity index (χ0n) is 11.8. The van der Waals surface area contributed by atoms with Crippen molar-refractivity contribution in [3.8, 4) is 0 Å². The van der Waals surface area contributed by atoms with Crippen molar-refractivity contribution in [3.63, 3.8) is 0 Å². The molecular weight excluding hydrogens is 232 g/mol. The van der Waals surface area contributed by atoms with Gasteiger partial charge >= 0.3 is 0 Å². The summed E-state index contributed by atoms with van der Waals surface area (Å²) in [6, 6.07) is 11.6. The largest absolute Gasteiger partial charge is 0.314 e. The number of nitrogens with zero attached hydrogens (tertiary/aromatic N) is 1. The van der Waals surface area contributed by atoms with E-state index in [2.05, 4.69) is 48.4 Å². The number of hydrogen-bond acceptors (Lipinski definition) is 2. The SMILES string of the molecule is CC(CNC1CC1)C(C)c1ccc2cccnc2c1. The first kappa shape index (κ1) is 12.6. The van der Waals surface area contributed by atoms with Crippen LogP contribution in [-0.2, 0) is 0 Å². The minimum Gasteiger partial charge on any atom is -0.314 e. The van der Waals surface area contributed by atoms with E-state index in [1.165, 1.54) is 23.8 Å². The molecule has 0 radical (unpaired) electrons. The van der Waals surface area contributed by atoms with E-state index in [1.807, 2.05) is 12.3 Å². The Balaban J connectivity index is 1.73. The first-order valence-corrected chi connectivity index (χ1v) is 7.32. The fraction of sp³-hybridized carbons (Fsp3) is 0.471. The third-order valence-corrected chi connectivity index (χ3v) is 4.32. The van der Waals surface area contributed by atoms with E-state index >= 15 is 0 Å². The van der Waals surface area contributed by atoms with Crippen LogP contribution in [0.2, 0.25) is 0 Å². The topological polar surface area (TPSA) is 24.9 Å². The van der Waals surface area contributed by atoms with Gasteiger partial charge in [0.15, 0.2) is 0 Å². The van der Waals surface area contributed by atoms with Gasteiger partial charge in [0, 0.05) is 17.6 Å². The molecule has 1 N–H and O–H groups in total. The standard InChI is InChI=1S/C17H22N2/c1-12(11-19-16-7-8-16)13(2)15-6-5-14-4-3-9-18-17(14)10-15/h3-6,9-10,12-13,16,19H,7-8,11H2,1-2H3. The van der Waals surface area contributed by atoms with Crippen LogP contribution in [0.4, 0.5) is 0 Å². The van der Waals surface area contributed by atoms with Gasteiger partial charge in [-0.1, -0.05) is 32.0 Å². The molecule has 100 valence electrons. The minimum absolute atomic E-state index is 0.567. The lowest BCUT2D eigenvalue weighted by atomic mass is 9.88. The highest BCUT2D eigenvalue weighted by molar-refractivity contribution is 5.78. The smallest absolute Gasteiger partial charge is 0.0704 e. The second-order valence-electron chi connectivity index (χ2n) is 5.90. The normalized spacial score (nSPS) is 18.4. The molecule has 0 saturated heterocycles. The molecule has 2 nitrogen and oxygen atoms in total. The van der Waals surface area contributed by atoms with Crippen LogP contribution in [0.15, 0.2) is 36.5 Å². The Bertz CT molecular complexity index is 560. The summed E-state index contributed by atoms with van der Waals surface area (Å²) in [4.78, 5) is 4.45. The van der Waals surface area contributed by atoms with E-state index in [0.717, 1.165) is 18.1 Å². The van der Waals surface area contributed by atoms with Crippen molar-refractivity contribution in [1.29, 1.82) is 0 Å². The number of rotatable bonds is 5. The molecule has 2 aromatic rings. The van der Waals surface area contributed by atoms with Crippen molar-refractivity contribution in [2.75, 3.05) is 6.54 Å². The summed E-state index contributed by atoms with van der Waals surface area (Å²) in [7, 11) is 0. The fourth-order valence-electron chi connectivity index (χ4n) is 2.51. The predicted molar refractivity (Wildman–Crippen MR) is 80.3 cm³/mol. The molecule has 1 heterocycles. The predicted octanol–water partition coefficient (Wildman–Crippen LogP) is 3.73. The third kappa shape index (κ3) is 2.95. The summed E-state index contributed by atoms with van der Waals surface area (Å²) in [5.74, 6) is 1.22. The van der Waals surface area contributed by atoms with E-state index in [4.69, 9.17) is 0 Å². The van der Waals surface area contributed by atoms with Gasteiger partial charge in [-0.3, -0.25) is 4.98 Å². The van der Waals surface area contributed by atoms with Crippen LogP contribution < -0.4 is 5.32 Å². The number of benzene rings is 1. The molecule has 0 amide bonds. The quantitative estimate of drug-likeness (QED) is 0.879. The summed E-state index contributed by atoms with van der Waals surface area (Å²) in [5.41, 5.74) is 2.51. The maximum atomic E-state index is 4.45. The monoisotopic (exact) mass is 254 g/mol. The molecule has 0 aliphatic heterocycles. The maximum Gasteiger partial charge on any atom is 0.0704 e. The maximum absolute atomic E-state index is 4.45. The van der Waals surface area contributed by atoms with Gasteiger partial charge < -0.3 is 5.32 Å². The Morgan fingerprint density at radius 3 is 2.89 bits per heavy atom. The van der Waals surface area contributed by atoms with Crippen molar-refractivity contribution in [3.05, 3.63) is 42.1 Å². The van der Waals surface area contributed by atoms with E-state index in [1.54, 1.807) is 0 Å². The Morgan fingerprint density at radius 2 is 2.11 bits per heavy atom. The summed E-state index contributed by atoms with van der Waals surface area (Å²) < 4.78 is 0. The number of aromatic nitrogens is 1. The van der Waals surface area contributed by atoms with Crippen LogP contribution in [0.1, 0.15) is 38.2 Å². The second kappa shape index (κ2) is 5.30. The molecule has 0 bridgehead atoms. The highest BCUT2D eigenvalue weighted by Crippen LogP contribution is 2.27. The highest BCUT2D eigenvalue weighted by atomic mass is 14.9. The lowest BCUT2D eigenvalue weighted by Crippen LogP contribution is -2.26. The van der Waals surface area contributed by atoms with Crippen LogP contribution in [0.25, 0.3) is 10.9 Å². The van der Waals surface area contributed by atoms with Crippen LogP contribution in [0, 0.1) is 5.92 Å². The first-order chi connectivity index (χ1) is 9.24. The summed E-state index contributed by atoms with van der Waals surface area (Å²) in [5, 5.41) is 4.85. The summed E-state index contributed by atoms with van der Waals surface area (Å²) >= 11 is 0. The van der Waals surface area contributed by atoms with E-state index in [-0.39, 0.29) is 0 Å². The van der Waals surface area contributed by atoms with Gasteiger partial charge in [-0.2, -0.15) is 0 Å². The third-order valence-electron chi connectivity index (χ3n) is 4.32. The van der Waals surface area contributed by atoms with Crippen molar-refractivity contribution >= 4 is 10.9 Å². The van der Waals surface area contributed by atoms with Gasteiger partial charge in [-0.25, -0.2) is 0 Å². The first-order valence-electron chi connectivity index (χ1n) is 7.32. The van der Waals surface area contributed by atoms with Crippen molar-refractivity contribution in [2.24, 2.45) is 5.92 Å². The highest BCUT2D eigenvalue weighted by Gasteiger charge is 2.22. The molecule has 1 aromatic carbocycles. The van der Waals surface area contributed by atoms with Gasteiger partial charge in [0.2, 0.25) is 0 Å². The van der Waals surface area contributed by atoms with Gasteiger partial charge in [0.25, 0.3) is 0 Å². The zero-order valence-corrected chi connectivity index (χ0v) is 11.8. The molecule has 1 fully saturated rings. The van der Waals surface area contributed by atoms with Gasteiger partial charge in [-0.05, 0) is 48.9 Å². The molecule has 19 heavy (non-hydrogen) atoms. The van der Waals surface area contributed by atoms with Crippen molar-refractivity contribution in [2.45, 2.75) is 38.6 Å². The molecule has 2 atom stereocenters. The second-order valence-corrected chi connectivity index (χ2v) is 5.90. The molecule has 0 spiro atoms. The van der Waals surface area contributed by atoms with E-state index < -0.39 is 0 Å². The Morgan fingerprint density at radius 1 is 1.26 bits per heavy atom. The molecule has 1 aliphatic carbocycles. The molecule has 2 unspecified atom stereocenters. The lowest BCUT2D eigenvalue weighted by molar-refractivity contribution is 0.446. The Labute approximate surface area is 115 Å². The van der Waals surface area contributed by atoms with Gasteiger partial charge in [-0.15, -0.1) is 0 Å². The van der Waals surface area contributed by atoms with Crippen LogP contribution >= 0.6 is 0 Å². The van der Waals surface area contributed by atoms with Crippen LogP contribution in [-0.4, -0.2) is 17.6 Å². The van der Waals surface area contributed by atoms with E-state index in [0.29, 0.717) is 11.8 Å². The summed E-state index contributed by atoms with van der Waals surface area (Å²) in [6.45, 7) is 5.78. The lowest BCUT2D eigenvalue weighted by Gasteiger charge is -2.21. The number of pyridine rings is 1. The number of hydrogen-bond donors (Lipinski definition) is 1. The molecular formula is C17H22N2. The molecule has 1 saturated carbocycles. The summed E-state index contributed by atoms with van der Waals surface area (Å²) in [6.07, 6.45) is 4.59. The van der Waals surface area contributed by atoms with Crippen LogP contribution in [0.5, 0.6) is 0 Å².